The number of nitrogens with zero attached hydrogens (tertiary/aromatic N) is 3. The number of carbonyl (C=O) groups excluding carboxylic acids is 1. The van der Waals surface area contributed by atoms with Crippen LogP contribution in [-0.4, -0.2) is 40.3 Å². The Bertz CT molecular complexity index is 1300. The number of anilines is 2. The smallest absolute Gasteiger partial charge is 0.335 e. The van der Waals surface area contributed by atoms with Crippen molar-refractivity contribution in [1.82, 2.24) is 0 Å². The third-order valence-electron chi connectivity index (χ3n) is 6.28. The van der Waals surface area contributed by atoms with Crippen LogP contribution < -0.4 is 9.91 Å². The van der Waals surface area contributed by atoms with E-state index in [2.05, 4.69) is 10.0 Å². The highest BCUT2D eigenvalue weighted by Gasteiger charge is 2.40. The standard InChI is InChI=1S/C26H25N3O5/c1-5-28-21-12-8-17(25(33)34)14-20(21)26(3,4)22(28)13-11-19-15(2)27-29(23(19)30)18-9-6-16(7-10-18)24(31)32/h6-14H,5H2,1-4H3,(H,31,32)(H,33,34). The first-order chi connectivity index (χ1) is 16.1. The maximum atomic E-state index is 13.1. The molecule has 2 aliphatic rings. The van der Waals surface area contributed by atoms with Crippen LogP contribution in [0.1, 0.15) is 54.0 Å². The number of hydrogen-bond donors (Lipinski definition) is 2. The molecule has 0 aliphatic carbocycles. The quantitative estimate of drug-likeness (QED) is 0.640. The Morgan fingerprint density at radius 2 is 1.62 bits per heavy atom. The second kappa shape index (κ2) is 8.30. The molecule has 2 aromatic rings. The Morgan fingerprint density at radius 1 is 1.00 bits per heavy atom. The van der Waals surface area contributed by atoms with E-state index in [1.807, 2.05) is 32.9 Å². The zero-order valence-electron chi connectivity index (χ0n) is 19.4. The van der Waals surface area contributed by atoms with E-state index in [0.29, 0.717) is 23.5 Å². The van der Waals surface area contributed by atoms with Crippen molar-refractivity contribution in [2.24, 2.45) is 5.10 Å². The number of amides is 1. The molecular weight excluding hydrogens is 434 g/mol. The first-order valence-corrected chi connectivity index (χ1v) is 10.9. The van der Waals surface area contributed by atoms with Crippen molar-refractivity contribution < 1.29 is 24.6 Å². The SMILES string of the molecule is CCN1C(=CC=C2C(=O)N(c3ccc(C(=O)O)cc3)N=C2C)C(C)(C)c2cc(C(=O)O)ccc21. The summed E-state index contributed by atoms with van der Waals surface area (Å²) in [6.07, 6.45) is 3.64. The Hall–Kier alpha value is -4.20. The fourth-order valence-electron chi connectivity index (χ4n) is 4.44. The van der Waals surface area contributed by atoms with Crippen molar-refractivity contribution in [2.45, 2.75) is 33.1 Å². The minimum Gasteiger partial charge on any atom is -0.478 e. The predicted octanol–water partition coefficient (Wildman–Crippen LogP) is 4.43. The molecule has 2 aromatic carbocycles. The molecule has 0 aromatic heterocycles. The minimum absolute atomic E-state index is 0.130. The van der Waals surface area contributed by atoms with E-state index in [4.69, 9.17) is 5.11 Å². The summed E-state index contributed by atoms with van der Waals surface area (Å²) < 4.78 is 0. The van der Waals surface area contributed by atoms with Gasteiger partial charge < -0.3 is 15.1 Å². The lowest BCUT2D eigenvalue weighted by molar-refractivity contribution is -0.114. The number of rotatable bonds is 5. The normalized spacial score (nSPS) is 19.1. The van der Waals surface area contributed by atoms with Crippen LogP contribution in [0.15, 0.2) is 71.0 Å². The van der Waals surface area contributed by atoms with Crippen molar-refractivity contribution in [3.63, 3.8) is 0 Å². The van der Waals surface area contributed by atoms with E-state index in [1.165, 1.54) is 17.1 Å². The number of carboxylic acid groups (broad SMARTS) is 2. The fourth-order valence-corrected chi connectivity index (χ4v) is 4.44. The summed E-state index contributed by atoms with van der Waals surface area (Å²) >= 11 is 0. The van der Waals surface area contributed by atoms with Crippen LogP contribution in [0.3, 0.4) is 0 Å². The zero-order chi connectivity index (χ0) is 24.8. The minimum atomic E-state index is -1.04. The number of likely N-dealkylation sites (N-methyl/N-ethyl adjacent to an activating group) is 1. The molecule has 0 atom stereocenters. The van der Waals surface area contributed by atoms with Gasteiger partial charge in [0.05, 0.1) is 28.1 Å². The van der Waals surface area contributed by atoms with Crippen molar-refractivity contribution >= 4 is 34.9 Å². The molecule has 0 unspecified atom stereocenters. The molecule has 2 heterocycles. The molecule has 0 radical (unpaired) electrons. The van der Waals surface area contributed by atoms with Crippen LogP contribution in [0.25, 0.3) is 0 Å². The third-order valence-corrected chi connectivity index (χ3v) is 6.28. The number of allylic oxidation sites excluding steroid dienone is 3. The zero-order valence-corrected chi connectivity index (χ0v) is 19.4. The maximum Gasteiger partial charge on any atom is 0.335 e. The monoisotopic (exact) mass is 459 g/mol. The Kier molecular flexibility index (Phi) is 5.61. The summed E-state index contributed by atoms with van der Waals surface area (Å²) in [5.41, 5.74) is 4.18. The molecule has 8 nitrogen and oxygen atoms in total. The van der Waals surface area contributed by atoms with Crippen LogP contribution in [0.4, 0.5) is 11.4 Å². The summed E-state index contributed by atoms with van der Waals surface area (Å²) in [4.78, 5) is 37.8. The molecule has 174 valence electrons. The number of aromatic carboxylic acids is 2. The second-order valence-corrected chi connectivity index (χ2v) is 8.69. The number of hydrazone groups is 1. The van der Waals surface area contributed by atoms with E-state index in [1.54, 1.807) is 37.3 Å². The average Bonchev–Trinajstić information content (AvgIpc) is 3.20. The summed E-state index contributed by atoms with van der Waals surface area (Å²) in [7, 11) is 0. The molecule has 34 heavy (non-hydrogen) atoms. The van der Waals surface area contributed by atoms with Crippen molar-refractivity contribution in [2.75, 3.05) is 16.5 Å². The predicted molar refractivity (Wildman–Crippen MR) is 130 cm³/mol. The number of benzene rings is 2. The molecular formula is C26H25N3O5. The number of fused-ring (bicyclic) bond motifs is 1. The molecule has 1 amide bonds. The summed E-state index contributed by atoms with van der Waals surface area (Å²) in [6.45, 7) is 8.52. The lowest BCUT2D eigenvalue weighted by Crippen LogP contribution is -2.26. The largest absolute Gasteiger partial charge is 0.478 e. The summed E-state index contributed by atoms with van der Waals surface area (Å²) in [6, 6.07) is 11.1. The van der Waals surface area contributed by atoms with Crippen LogP contribution in [0.2, 0.25) is 0 Å². The number of carbonyl (C=O) groups is 3. The highest BCUT2D eigenvalue weighted by molar-refractivity contribution is 6.29. The van der Waals surface area contributed by atoms with Gasteiger partial charge in [-0.15, -0.1) is 0 Å². The van der Waals surface area contributed by atoms with Crippen LogP contribution >= 0.6 is 0 Å². The van der Waals surface area contributed by atoms with Crippen LogP contribution in [0, 0.1) is 0 Å². The van der Waals surface area contributed by atoms with E-state index in [-0.39, 0.29) is 17.0 Å². The van der Waals surface area contributed by atoms with Crippen LogP contribution in [0.5, 0.6) is 0 Å². The highest BCUT2D eigenvalue weighted by atomic mass is 16.4. The summed E-state index contributed by atoms with van der Waals surface area (Å²) in [5.74, 6) is -2.31. The topological polar surface area (TPSA) is 111 Å². The van der Waals surface area contributed by atoms with Gasteiger partial charge in [-0.3, -0.25) is 4.79 Å². The first-order valence-electron chi connectivity index (χ1n) is 10.9. The maximum absolute atomic E-state index is 13.1. The molecule has 0 fully saturated rings. The molecule has 2 N–H and O–H groups in total. The Balaban J connectivity index is 1.69. The van der Waals surface area contributed by atoms with Gasteiger partial charge in [0.1, 0.15) is 0 Å². The van der Waals surface area contributed by atoms with Gasteiger partial charge in [-0.2, -0.15) is 10.1 Å². The van der Waals surface area contributed by atoms with Gasteiger partial charge in [0.15, 0.2) is 0 Å². The lowest BCUT2D eigenvalue weighted by atomic mass is 9.83. The van der Waals surface area contributed by atoms with Gasteiger partial charge in [0.25, 0.3) is 5.91 Å². The molecule has 0 saturated carbocycles. The fraction of sp³-hybridized carbons (Fsp3) is 0.231. The van der Waals surface area contributed by atoms with Gasteiger partial charge in [0.2, 0.25) is 0 Å². The summed E-state index contributed by atoms with van der Waals surface area (Å²) in [5, 5.41) is 24.1. The number of hydrogen-bond acceptors (Lipinski definition) is 5. The Labute approximate surface area is 197 Å². The molecule has 4 rings (SSSR count). The number of carboxylic acids is 2. The first kappa shape index (κ1) is 23.0. The van der Waals surface area contributed by atoms with Gasteiger partial charge in [-0.1, -0.05) is 13.8 Å². The van der Waals surface area contributed by atoms with Gasteiger partial charge in [0, 0.05) is 23.3 Å². The van der Waals surface area contributed by atoms with Crippen molar-refractivity contribution in [3.8, 4) is 0 Å². The second-order valence-electron chi connectivity index (χ2n) is 8.69. The highest BCUT2D eigenvalue weighted by Crippen LogP contribution is 2.48. The van der Waals surface area contributed by atoms with Crippen LogP contribution in [-0.2, 0) is 10.2 Å². The van der Waals surface area contributed by atoms with Gasteiger partial charge >= 0.3 is 11.9 Å². The average molecular weight is 460 g/mol. The molecule has 2 aliphatic heterocycles. The molecule has 0 bridgehead atoms. The van der Waals surface area contributed by atoms with E-state index in [9.17, 15) is 19.5 Å². The van der Waals surface area contributed by atoms with Gasteiger partial charge in [-0.05, 0) is 74.0 Å². The van der Waals surface area contributed by atoms with E-state index < -0.39 is 17.4 Å². The molecule has 0 spiro atoms. The third kappa shape index (κ3) is 3.67. The Morgan fingerprint density at radius 3 is 2.21 bits per heavy atom. The lowest BCUT2D eigenvalue weighted by Gasteiger charge is -2.26. The molecule has 0 saturated heterocycles. The van der Waals surface area contributed by atoms with E-state index >= 15 is 0 Å². The molecule has 8 heteroatoms. The van der Waals surface area contributed by atoms with Crippen molar-refractivity contribution in [3.05, 3.63) is 82.6 Å². The van der Waals surface area contributed by atoms with Gasteiger partial charge in [-0.25, -0.2) is 9.59 Å². The van der Waals surface area contributed by atoms with Crippen molar-refractivity contribution in [1.29, 1.82) is 0 Å². The van der Waals surface area contributed by atoms with E-state index in [0.717, 1.165) is 16.9 Å².